The van der Waals surface area contributed by atoms with Gasteiger partial charge in [-0.1, -0.05) is 23.4 Å². The normalized spacial score (nSPS) is 10.6. The molecule has 0 bridgehead atoms. The van der Waals surface area contributed by atoms with Crippen molar-refractivity contribution in [2.45, 2.75) is 18.5 Å². The highest BCUT2D eigenvalue weighted by atomic mass is 35.5. The van der Waals surface area contributed by atoms with Gasteiger partial charge in [0, 0.05) is 24.4 Å². The lowest BCUT2D eigenvalue weighted by molar-refractivity contribution is 0.926. The zero-order valence-electron chi connectivity index (χ0n) is 10.1. The van der Waals surface area contributed by atoms with Gasteiger partial charge in [0.2, 0.25) is 0 Å². The standard InChI is InChI=1S/C11H13ClN4S2/c1-7-14-8(6-18-7)3-4-13-10-5-9(12)15-11(16-10)17-2/h5-6H,3-4H2,1-2H3,(H,13,15,16). The first-order valence-electron chi connectivity index (χ1n) is 5.41. The molecule has 0 saturated heterocycles. The van der Waals surface area contributed by atoms with Crippen molar-refractivity contribution in [2.24, 2.45) is 0 Å². The van der Waals surface area contributed by atoms with E-state index in [1.54, 1.807) is 17.4 Å². The average Bonchev–Trinajstić information content (AvgIpc) is 2.74. The van der Waals surface area contributed by atoms with E-state index in [1.165, 1.54) is 11.8 Å². The maximum Gasteiger partial charge on any atom is 0.190 e. The number of hydrogen-bond donors (Lipinski definition) is 1. The fourth-order valence-electron chi connectivity index (χ4n) is 1.42. The van der Waals surface area contributed by atoms with Crippen LogP contribution in [0.25, 0.3) is 0 Å². The summed E-state index contributed by atoms with van der Waals surface area (Å²) in [6, 6.07) is 1.73. The zero-order valence-corrected chi connectivity index (χ0v) is 12.5. The lowest BCUT2D eigenvalue weighted by atomic mass is 10.3. The lowest BCUT2D eigenvalue weighted by Crippen LogP contribution is -2.07. The molecule has 0 amide bonds. The molecule has 0 unspecified atom stereocenters. The minimum Gasteiger partial charge on any atom is -0.370 e. The van der Waals surface area contributed by atoms with Gasteiger partial charge in [-0.3, -0.25) is 0 Å². The molecule has 0 aliphatic heterocycles. The summed E-state index contributed by atoms with van der Waals surface area (Å²) >= 11 is 9.06. The van der Waals surface area contributed by atoms with Crippen LogP contribution in [0.2, 0.25) is 5.15 Å². The molecule has 0 aromatic carbocycles. The maximum atomic E-state index is 5.91. The summed E-state index contributed by atoms with van der Waals surface area (Å²) in [7, 11) is 0. The Morgan fingerprint density at radius 3 is 2.89 bits per heavy atom. The van der Waals surface area contributed by atoms with Crippen molar-refractivity contribution in [3.05, 3.63) is 27.3 Å². The highest BCUT2D eigenvalue weighted by Gasteiger charge is 2.03. The summed E-state index contributed by atoms with van der Waals surface area (Å²) in [6.45, 7) is 2.79. The molecule has 0 radical (unpaired) electrons. The molecule has 0 aliphatic carbocycles. The summed E-state index contributed by atoms with van der Waals surface area (Å²) in [5.41, 5.74) is 1.11. The molecule has 0 aliphatic rings. The van der Waals surface area contributed by atoms with Crippen molar-refractivity contribution in [1.29, 1.82) is 0 Å². The Morgan fingerprint density at radius 2 is 2.22 bits per heavy atom. The highest BCUT2D eigenvalue weighted by Crippen LogP contribution is 2.17. The van der Waals surface area contributed by atoms with Crippen LogP contribution in [0.5, 0.6) is 0 Å². The van der Waals surface area contributed by atoms with E-state index >= 15 is 0 Å². The van der Waals surface area contributed by atoms with Gasteiger partial charge in [0.15, 0.2) is 5.16 Å². The van der Waals surface area contributed by atoms with Crippen molar-refractivity contribution >= 4 is 40.5 Å². The fraction of sp³-hybridized carbons (Fsp3) is 0.364. The molecule has 2 rings (SSSR count). The van der Waals surface area contributed by atoms with Gasteiger partial charge >= 0.3 is 0 Å². The predicted molar refractivity (Wildman–Crippen MR) is 77.9 cm³/mol. The van der Waals surface area contributed by atoms with E-state index < -0.39 is 0 Å². The third-order valence-electron chi connectivity index (χ3n) is 2.21. The van der Waals surface area contributed by atoms with Gasteiger partial charge in [-0.15, -0.1) is 11.3 Å². The Kier molecular flexibility index (Phi) is 4.79. The Balaban J connectivity index is 1.91. The van der Waals surface area contributed by atoms with Crippen LogP contribution in [0.15, 0.2) is 16.6 Å². The topological polar surface area (TPSA) is 50.7 Å². The van der Waals surface area contributed by atoms with E-state index in [2.05, 4.69) is 25.6 Å². The number of hydrogen-bond acceptors (Lipinski definition) is 6. The van der Waals surface area contributed by atoms with Crippen LogP contribution in [0.4, 0.5) is 5.82 Å². The van der Waals surface area contributed by atoms with Crippen LogP contribution in [0.3, 0.4) is 0 Å². The zero-order chi connectivity index (χ0) is 13.0. The SMILES string of the molecule is CSc1nc(Cl)cc(NCCc2csc(C)n2)n1. The monoisotopic (exact) mass is 300 g/mol. The van der Waals surface area contributed by atoms with Gasteiger partial charge in [-0.05, 0) is 13.2 Å². The minimum absolute atomic E-state index is 0.460. The van der Waals surface area contributed by atoms with Gasteiger partial charge < -0.3 is 5.32 Å². The van der Waals surface area contributed by atoms with E-state index in [9.17, 15) is 0 Å². The fourth-order valence-corrected chi connectivity index (χ4v) is 2.68. The number of anilines is 1. The van der Waals surface area contributed by atoms with Crippen LogP contribution in [0.1, 0.15) is 10.7 Å². The van der Waals surface area contributed by atoms with Crippen molar-refractivity contribution in [2.75, 3.05) is 18.1 Å². The van der Waals surface area contributed by atoms with Crippen LogP contribution >= 0.6 is 34.7 Å². The third kappa shape index (κ3) is 3.83. The number of nitrogens with one attached hydrogen (secondary N) is 1. The molecule has 1 N–H and O–H groups in total. The number of aromatic nitrogens is 3. The van der Waals surface area contributed by atoms with Gasteiger partial charge in [-0.2, -0.15) is 0 Å². The highest BCUT2D eigenvalue weighted by molar-refractivity contribution is 7.98. The number of thiazole rings is 1. The van der Waals surface area contributed by atoms with Crippen LogP contribution in [-0.4, -0.2) is 27.8 Å². The second-order valence-electron chi connectivity index (χ2n) is 3.60. The van der Waals surface area contributed by atoms with Crippen molar-refractivity contribution in [1.82, 2.24) is 15.0 Å². The van der Waals surface area contributed by atoms with Crippen LogP contribution in [-0.2, 0) is 6.42 Å². The summed E-state index contributed by atoms with van der Waals surface area (Å²) in [4.78, 5) is 12.8. The first kappa shape index (κ1) is 13.6. The first-order chi connectivity index (χ1) is 8.67. The number of halogens is 1. The van der Waals surface area contributed by atoms with Crippen molar-refractivity contribution in [3.63, 3.8) is 0 Å². The number of nitrogens with zero attached hydrogens (tertiary/aromatic N) is 3. The van der Waals surface area contributed by atoms with Gasteiger partial charge in [0.05, 0.1) is 10.7 Å². The van der Waals surface area contributed by atoms with E-state index in [0.717, 1.165) is 29.5 Å². The van der Waals surface area contributed by atoms with Crippen LogP contribution < -0.4 is 5.32 Å². The molecule has 96 valence electrons. The van der Waals surface area contributed by atoms with E-state index in [4.69, 9.17) is 11.6 Å². The molecule has 0 fully saturated rings. The number of aryl methyl sites for hydroxylation is 1. The van der Waals surface area contributed by atoms with E-state index in [0.29, 0.717) is 10.3 Å². The van der Waals surface area contributed by atoms with Crippen molar-refractivity contribution in [3.8, 4) is 0 Å². The average molecular weight is 301 g/mol. The number of thioether (sulfide) groups is 1. The van der Waals surface area contributed by atoms with Gasteiger partial charge in [0.1, 0.15) is 11.0 Å². The smallest absolute Gasteiger partial charge is 0.190 e. The molecule has 18 heavy (non-hydrogen) atoms. The van der Waals surface area contributed by atoms with Gasteiger partial charge in [0.25, 0.3) is 0 Å². The quantitative estimate of drug-likeness (QED) is 0.522. The molecule has 2 heterocycles. The molecule has 4 nitrogen and oxygen atoms in total. The predicted octanol–water partition coefficient (Wildman–Crippen LogP) is 3.27. The Bertz CT molecular complexity index is 530. The third-order valence-corrected chi connectivity index (χ3v) is 3.77. The molecule has 0 atom stereocenters. The largest absolute Gasteiger partial charge is 0.370 e. The summed E-state index contributed by atoms with van der Waals surface area (Å²) in [6.07, 6.45) is 2.80. The Labute approximate surface area is 119 Å². The molecule has 0 spiro atoms. The van der Waals surface area contributed by atoms with Crippen molar-refractivity contribution < 1.29 is 0 Å². The Morgan fingerprint density at radius 1 is 1.39 bits per heavy atom. The lowest BCUT2D eigenvalue weighted by Gasteiger charge is -2.05. The second kappa shape index (κ2) is 6.36. The van der Waals surface area contributed by atoms with E-state index in [-0.39, 0.29) is 0 Å². The minimum atomic E-state index is 0.460. The number of rotatable bonds is 5. The summed E-state index contributed by atoms with van der Waals surface area (Å²) < 4.78 is 0. The second-order valence-corrected chi connectivity index (χ2v) is 5.82. The molecule has 7 heteroatoms. The maximum absolute atomic E-state index is 5.91. The molecular formula is C11H13ClN4S2. The Hall–Kier alpha value is -0.850. The first-order valence-corrected chi connectivity index (χ1v) is 7.89. The molecular weight excluding hydrogens is 288 g/mol. The molecule has 0 saturated carbocycles. The molecule has 2 aromatic heterocycles. The van der Waals surface area contributed by atoms with Crippen LogP contribution in [0, 0.1) is 6.92 Å². The summed E-state index contributed by atoms with van der Waals surface area (Å²) in [5, 5.41) is 7.55. The van der Waals surface area contributed by atoms with E-state index in [1.807, 2.05) is 13.2 Å². The molecule has 2 aromatic rings. The van der Waals surface area contributed by atoms with Gasteiger partial charge in [-0.25, -0.2) is 15.0 Å². The summed E-state index contributed by atoms with van der Waals surface area (Å²) in [5.74, 6) is 0.756.